The van der Waals surface area contributed by atoms with Gasteiger partial charge < -0.3 is 5.32 Å². The number of nitrogens with zero attached hydrogens (tertiary/aromatic N) is 1. The molecule has 8 heteroatoms. The zero-order valence-electron chi connectivity index (χ0n) is 15.8. The van der Waals surface area contributed by atoms with Gasteiger partial charge in [-0.2, -0.15) is 0 Å². The van der Waals surface area contributed by atoms with E-state index < -0.39 is 10.0 Å². The zero-order chi connectivity index (χ0) is 20.9. The fourth-order valence-electron chi connectivity index (χ4n) is 2.90. The van der Waals surface area contributed by atoms with E-state index >= 15 is 0 Å². The van der Waals surface area contributed by atoms with Crippen molar-refractivity contribution in [3.63, 3.8) is 0 Å². The molecule has 1 heterocycles. The fourth-order valence-corrected chi connectivity index (χ4v) is 4.62. The van der Waals surface area contributed by atoms with Gasteiger partial charge in [0.2, 0.25) is 10.0 Å². The minimum Gasteiger partial charge on any atom is -0.312 e. The van der Waals surface area contributed by atoms with Crippen LogP contribution in [-0.4, -0.2) is 33.0 Å². The van der Waals surface area contributed by atoms with Crippen LogP contribution in [0.2, 0.25) is 10.0 Å². The molecule has 0 fully saturated rings. The third-order valence-electron chi connectivity index (χ3n) is 4.29. The highest BCUT2D eigenvalue weighted by molar-refractivity contribution is 7.89. The molecule has 0 bridgehead atoms. The number of sulfonamides is 1. The van der Waals surface area contributed by atoms with Crippen LogP contribution in [0.25, 0.3) is 16.8 Å². The first-order valence-corrected chi connectivity index (χ1v) is 11.3. The van der Waals surface area contributed by atoms with Crippen molar-refractivity contribution in [2.45, 2.75) is 11.8 Å². The van der Waals surface area contributed by atoms with Gasteiger partial charge in [-0.3, -0.25) is 4.98 Å². The predicted molar refractivity (Wildman–Crippen MR) is 120 cm³/mol. The molecular weight excluding hydrogens is 429 g/mol. The molecule has 0 amide bonds. The smallest absolute Gasteiger partial charge is 0.241 e. The number of fused-ring (bicyclic) bond motifs is 1. The molecule has 0 radical (unpaired) electrons. The average molecular weight is 450 g/mol. The summed E-state index contributed by atoms with van der Waals surface area (Å²) in [5.41, 5.74) is 1.96. The van der Waals surface area contributed by atoms with E-state index in [4.69, 9.17) is 23.2 Å². The van der Waals surface area contributed by atoms with Gasteiger partial charge in [-0.1, -0.05) is 53.1 Å². The van der Waals surface area contributed by atoms with Crippen molar-refractivity contribution in [3.05, 3.63) is 76.0 Å². The van der Waals surface area contributed by atoms with Crippen molar-refractivity contribution in [1.29, 1.82) is 0 Å². The van der Waals surface area contributed by atoms with Crippen LogP contribution >= 0.6 is 23.2 Å². The van der Waals surface area contributed by atoms with Gasteiger partial charge >= 0.3 is 0 Å². The maximum absolute atomic E-state index is 12.7. The number of hydrogen-bond acceptors (Lipinski definition) is 4. The van der Waals surface area contributed by atoms with Crippen LogP contribution in [-0.2, 0) is 10.0 Å². The highest BCUT2D eigenvalue weighted by Gasteiger charge is 2.16. The number of aromatic nitrogens is 1. The Kier molecular flexibility index (Phi) is 7.27. The highest BCUT2D eigenvalue weighted by atomic mass is 35.5. The molecule has 3 aromatic rings. The normalized spacial score (nSPS) is 12.4. The summed E-state index contributed by atoms with van der Waals surface area (Å²) in [7, 11) is -3.61. The van der Waals surface area contributed by atoms with Crippen molar-refractivity contribution in [1.82, 2.24) is 15.0 Å². The highest BCUT2D eigenvalue weighted by Crippen LogP contribution is 2.23. The maximum atomic E-state index is 12.7. The van der Waals surface area contributed by atoms with Gasteiger partial charge in [0.25, 0.3) is 0 Å². The van der Waals surface area contributed by atoms with Gasteiger partial charge in [-0.25, -0.2) is 13.1 Å². The lowest BCUT2D eigenvalue weighted by molar-refractivity contribution is 0.579. The summed E-state index contributed by atoms with van der Waals surface area (Å²) >= 11 is 12.1. The van der Waals surface area contributed by atoms with Gasteiger partial charge in [0.15, 0.2) is 0 Å². The van der Waals surface area contributed by atoms with Crippen LogP contribution < -0.4 is 10.0 Å². The monoisotopic (exact) mass is 449 g/mol. The van der Waals surface area contributed by atoms with E-state index in [0.717, 1.165) is 16.5 Å². The lowest BCUT2D eigenvalue weighted by Crippen LogP contribution is -2.32. The van der Waals surface area contributed by atoms with Crippen LogP contribution in [0.1, 0.15) is 12.5 Å². The lowest BCUT2D eigenvalue weighted by Gasteiger charge is -2.10. The van der Waals surface area contributed by atoms with Crippen molar-refractivity contribution in [2.75, 3.05) is 19.6 Å². The van der Waals surface area contributed by atoms with Crippen LogP contribution in [0, 0.1) is 0 Å². The summed E-state index contributed by atoms with van der Waals surface area (Å²) in [6.45, 7) is 3.36. The van der Waals surface area contributed by atoms with Gasteiger partial charge in [0, 0.05) is 52.8 Å². The Bertz CT molecular complexity index is 1140. The molecule has 3 rings (SSSR count). The van der Waals surface area contributed by atoms with Crippen LogP contribution in [0.5, 0.6) is 0 Å². The van der Waals surface area contributed by atoms with E-state index in [-0.39, 0.29) is 11.4 Å². The van der Waals surface area contributed by atoms with Crippen LogP contribution in [0.4, 0.5) is 0 Å². The number of halogens is 2. The van der Waals surface area contributed by atoms with Crippen LogP contribution in [0.15, 0.2) is 65.3 Å². The van der Waals surface area contributed by atoms with Gasteiger partial charge in [-0.15, -0.1) is 0 Å². The van der Waals surface area contributed by atoms with Crippen LogP contribution in [0.3, 0.4) is 0 Å². The van der Waals surface area contributed by atoms with Crippen molar-refractivity contribution in [2.24, 2.45) is 0 Å². The van der Waals surface area contributed by atoms with Crippen molar-refractivity contribution < 1.29 is 8.42 Å². The van der Waals surface area contributed by atoms with E-state index in [9.17, 15) is 8.42 Å². The molecule has 5 nitrogen and oxygen atoms in total. The van der Waals surface area contributed by atoms with Gasteiger partial charge in [-0.05, 0) is 36.8 Å². The number of benzene rings is 2. The first-order valence-electron chi connectivity index (χ1n) is 9.02. The fraction of sp³-hybridized carbons (Fsp3) is 0.190. The molecule has 0 spiro atoms. The third kappa shape index (κ3) is 5.78. The Morgan fingerprint density at radius 2 is 1.97 bits per heavy atom. The second-order valence-electron chi connectivity index (χ2n) is 6.58. The summed E-state index contributed by atoms with van der Waals surface area (Å²) in [4.78, 5) is 4.29. The van der Waals surface area contributed by atoms with Gasteiger partial charge in [0.1, 0.15) is 0 Å². The summed E-state index contributed by atoms with van der Waals surface area (Å²) in [5.74, 6) is 0. The summed E-state index contributed by atoms with van der Waals surface area (Å²) in [6.07, 6.45) is 5.21. The molecule has 2 aromatic carbocycles. The van der Waals surface area contributed by atoms with E-state index in [0.29, 0.717) is 28.5 Å². The molecule has 152 valence electrons. The number of rotatable bonds is 8. The second kappa shape index (κ2) is 9.69. The Morgan fingerprint density at radius 1 is 1.14 bits per heavy atom. The second-order valence-corrected chi connectivity index (χ2v) is 9.16. The van der Waals surface area contributed by atoms with Gasteiger partial charge in [0.05, 0.1) is 4.90 Å². The third-order valence-corrected chi connectivity index (χ3v) is 6.37. The summed E-state index contributed by atoms with van der Waals surface area (Å²) in [6, 6.07) is 12.2. The van der Waals surface area contributed by atoms with Crippen molar-refractivity contribution >= 4 is 50.1 Å². The Hall–Kier alpha value is -1.96. The Morgan fingerprint density at radius 3 is 2.76 bits per heavy atom. The molecule has 0 atom stereocenters. The molecule has 0 unspecified atom stereocenters. The Labute approximate surface area is 180 Å². The largest absolute Gasteiger partial charge is 0.312 e. The average Bonchev–Trinajstić information content (AvgIpc) is 2.69. The molecule has 0 saturated heterocycles. The number of hydrogen-bond donors (Lipinski definition) is 2. The standard InChI is InChI=1S/C21H21Cl2N3O2S/c1-15(11-16-5-6-18(22)12-20(16)23)13-25-9-10-26-29(27,28)21-4-2-3-17-14-24-8-7-19(17)21/h2-8,11-12,14,25-26H,9-10,13H2,1H3. The minimum atomic E-state index is -3.61. The summed E-state index contributed by atoms with van der Waals surface area (Å²) < 4.78 is 27.9. The summed E-state index contributed by atoms with van der Waals surface area (Å²) in [5, 5.41) is 5.85. The molecule has 2 N–H and O–H groups in total. The molecular formula is C21H21Cl2N3O2S. The maximum Gasteiger partial charge on any atom is 0.241 e. The topological polar surface area (TPSA) is 71.1 Å². The van der Waals surface area contributed by atoms with E-state index in [1.807, 2.05) is 25.1 Å². The molecule has 29 heavy (non-hydrogen) atoms. The molecule has 0 aliphatic carbocycles. The van der Waals surface area contributed by atoms with E-state index in [2.05, 4.69) is 15.0 Å². The predicted octanol–water partition coefficient (Wildman–Crippen LogP) is 4.51. The quantitative estimate of drug-likeness (QED) is 0.496. The molecule has 0 aliphatic heterocycles. The van der Waals surface area contributed by atoms with E-state index in [1.54, 1.807) is 42.7 Å². The zero-order valence-corrected chi connectivity index (χ0v) is 18.2. The molecule has 1 aromatic heterocycles. The first kappa shape index (κ1) is 21.7. The minimum absolute atomic E-state index is 0.255. The SMILES string of the molecule is CC(=Cc1ccc(Cl)cc1Cl)CNCCNS(=O)(=O)c1cccc2cnccc12. The Balaban J connectivity index is 1.54. The first-order chi connectivity index (χ1) is 13.9. The number of nitrogens with one attached hydrogen (secondary N) is 2. The van der Waals surface area contributed by atoms with Crippen molar-refractivity contribution in [3.8, 4) is 0 Å². The number of pyridine rings is 1. The molecule has 0 saturated carbocycles. The lowest BCUT2D eigenvalue weighted by atomic mass is 10.1. The molecule has 0 aliphatic rings. The van der Waals surface area contributed by atoms with E-state index in [1.165, 1.54) is 0 Å².